The van der Waals surface area contributed by atoms with Crippen LogP contribution < -0.4 is 0 Å². The molecule has 0 bridgehead atoms. The summed E-state index contributed by atoms with van der Waals surface area (Å²) in [6.45, 7) is 18.1. The van der Waals surface area contributed by atoms with Crippen molar-refractivity contribution >= 4 is 17.5 Å². The molecule has 0 unspecified atom stereocenters. The van der Waals surface area contributed by atoms with E-state index >= 15 is 0 Å². The molecule has 4 heterocycles. The van der Waals surface area contributed by atoms with Gasteiger partial charge in [-0.3, -0.25) is 9.59 Å². The predicted octanol–water partition coefficient (Wildman–Crippen LogP) is 4.26. The number of hydrogen-bond acceptors (Lipinski definition) is 12. The Morgan fingerprint density at radius 2 is 1.76 bits per heavy atom. The van der Waals surface area contributed by atoms with Crippen LogP contribution in [-0.2, 0) is 38.1 Å². The molecule has 3 fully saturated rings. The van der Waals surface area contributed by atoms with Crippen LogP contribution >= 0.6 is 0 Å². The van der Waals surface area contributed by atoms with Crippen molar-refractivity contribution in [3.05, 3.63) is 23.7 Å². The van der Waals surface area contributed by atoms with Crippen LogP contribution in [0.4, 0.5) is 0 Å². The largest absolute Gasteiger partial charge is 0.504 e. The second kappa shape index (κ2) is 15.4. The maximum absolute atomic E-state index is 14.2. The Labute approximate surface area is 296 Å². The van der Waals surface area contributed by atoms with E-state index in [1.807, 2.05) is 34.6 Å². The Hall–Kier alpha value is -2.19. The van der Waals surface area contributed by atoms with Crippen LogP contribution in [0.25, 0.3) is 0 Å². The van der Waals surface area contributed by atoms with Crippen molar-refractivity contribution in [1.29, 1.82) is 0 Å². The Kier molecular flexibility index (Phi) is 12.5. The van der Waals surface area contributed by atoms with Gasteiger partial charge in [0.2, 0.25) is 0 Å². The van der Waals surface area contributed by atoms with Crippen LogP contribution in [0.15, 0.2) is 23.7 Å². The molecule has 4 N–H and O–H groups in total. The molecule has 14 atom stereocenters. The highest BCUT2D eigenvalue weighted by Crippen LogP contribution is 2.47. The number of ether oxygens (including phenoxy) is 5. The zero-order valence-corrected chi connectivity index (χ0v) is 31.3. The summed E-state index contributed by atoms with van der Waals surface area (Å²) in [6, 6.07) is 0. The first kappa shape index (κ1) is 40.6. The van der Waals surface area contributed by atoms with E-state index in [4.69, 9.17) is 23.7 Å². The number of Topliss-reactive ketones (excluding diaryl/α,β-unsaturated/α-hetero) is 2. The number of carbonyl (C=O) groups is 3. The maximum atomic E-state index is 14.2. The lowest BCUT2D eigenvalue weighted by Gasteiger charge is -2.49. The highest BCUT2D eigenvalue weighted by Gasteiger charge is 2.57. The first-order valence-electron chi connectivity index (χ1n) is 18.4. The lowest BCUT2D eigenvalue weighted by atomic mass is 9.73. The summed E-state index contributed by atoms with van der Waals surface area (Å²) in [6.07, 6.45) is -1.08. The summed E-state index contributed by atoms with van der Waals surface area (Å²) in [5, 5.41) is 45.0. The zero-order valence-electron chi connectivity index (χ0n) is 31.3. The summed E-state index contributed by atoms with van der Waals surface area (Å²) < 4.78 is 29.7. The normalized spacial score (nSPS) is 38.7. The molecule has 0 aromatic carbocycles. The van der Waals surface area contributed by atoms with Gasteiger partial charge in [-0.15, -0.1) is 0 Å². The van der Waals surface area contributed by atoms with Crippen LogP contribution in [0.2, 0.25) is 0 Å². The molecular formula is C38H60O12. The Morgan fingerprint density at radius 3 is 2.30 bits per heavy atom. The molecule has 0 aliphatic carbocycles. The minimum absolute atomic E-state index is 0.0243. The van der Waals surface area contributed by atoms with Gasteiger partial charge in [0.25, 0.3) is 0 Å². The van der Waals surface area contributed by atoms with Crippen molar-refractivity contribution in [2.24, 2.45) is 23.7 Å². The van der Waals surface area contributed by atoms with E-state index in [0.29, 0.717) is 38.5 Å². The molecule has 284 valence electrons. The number of rotatable bonds is 14. The molecule has 50 heavy (non-hydrogen) atoms. The number of aliphatic hydroxyl groups is 4. The van der Waals surface area contributed by atoms with Crippen LogP contribution in [0.3, 0.4) is 0 Å². The van der Waals surface area contributed by atoms with Crippen molar-refractivity contribution in [2.75, 3.05) is 7.11 Å². The first-order valence-corrected chi connectivity index (χ1v) is 18.4. The highest BCUT2D eigenvalue weighted by atomic mass is 16.6. The van der Waals surface area contributed by atoms with Gasteiger partial charge < -0.3 is 44.1 Å². The molecule has 0 radical (unpaired) electrons. The van der Waals surface area contributed by atoms with E-state index in [2.05, 4.69) is 6.58 Å². The molecule has 4 aliphatic heterocycles. The van der Waals surface area contributed by atoms with Crippen LogP contribution in [0.5, 0.6) is 0 Å². The van der Waals surface area contributed by atoms with E-state index < -0.39 is 94.1 Å². The molecule has 0 aromatic rings. The molecule has 3 saturated heterocycles. The zero-order chi connectivity index (χ0) is 37.5. The van der Waals surface area contributed by atoms with Crippen molar-refractivity contribution in [3.8, 4) is 0 Å². The molecule has 0 aromatic heterocycles. The van der Waals surface area contributed by atoms with Gasteiger partial charge in [0.1, 0.15) is 16.8 Å². The van der Waals surface area contributed by atoms with Gasteiger partial charge in [-0.1, -0.05) is 41.2 Å². The van der Waals surface area contributed by atoms with Gasteiger partial charge >= 0.3 is 5.97 Å². The Morgan fingerprint density at radius 1 is 1.10 bits per heavy atom. The van der Waals surface area contributed by atoms with Crippen LogP contribution in [0, 0.1) is 23.7 Å². The molecule has 0 saturated carbocycles. The van der Waals surface area contributed by atoms with Crippen LogP contribution in [0.1, 0.15) is 107 Å². The van der Waals surface area contributed by atoms with Crippen molar-refractivity contribution in [1.82, 2.24) is 0 Å². The fraction of sp³-hybridized carbons (Fsp3) is 0.816. The molecule has 4 rings (SSSR count). The smallest absolute Gasteiger partial charge is 0.351 e. The molecular weight excluding hydrogens is 648 g/mol. The van der Waals surface area contributed by atoms with E-state index in [0.717, 1.165) is 0 Å². The highest BCUT2D eigenvalue weighted by molar-refractivity contribution is 6.20. The number of methoxy groups -OCH3 is 1. The van der Waals surface area contributed by atoms with E-state index in [1.165, 1.54) is 6.92 Å². The van der Waals surface area contributed by atoms with Crippen molar-refractivity contribution in [2.45, 2.75) is 166 Å². The average molecular weight is 709 g/mol. The second-order valence-electron chi connectivity index (χ2n) is 15.6. The van der Waals surface area contributed by atoms with Gasteiger partial charge in [0, 0.05) is 25.4 Å². The third kappa shape index (κ3) is 7.36. The summed E-state index contributed by atoms with van der Waals surface area (Å²) in [7, 11) is 1.56. The van der Waals surface area contributed by atoms with Gasteiger partial charge in [0.15, 0.2) is 23.1 Å². The minimum atomic E-state index is -1.90. The fourth-order valence-corrected chi connectivity index (χ4v) is 8.91. The summed E-state index contributed by atoms with van der Waals surface area (Å²) in [5.74, 6) is -4.47. The SMILES string of the molecule is C=C1OC(=O)C(C(=O)C[C@@H]2O[C@@H]([C@H](C)[C@H](O)[C@H](CC)C(=O)[C@](C)(O)[C@@H]3CC[C@@](CC)([C@@H]4CC[C@@](O)([C@@H](C)OC)[C@@H](C)O4)O3)[C@@H](C)C[C@@H]2C)=C1O. The minimum Gasteiger partial charge on any atom is -0.504 e. The lowest BCUT2D eigenvalue weighted by molar-refractivity contribution is -0.255. The lowest BCUT2D eigenvalue weighted by Crippen LogP contribution is -2.60. The quantitative estimate of drug-likeness (QED) is 0.149. The molecule has 12 nitrogen and oxygen atoms in total. The Balaban J connectivity index is 1.45. The number of aliphatic hydroxyl groups excluding tert-OH is 2. The number of cyclic esters (lactones) is 1. The van der Waals surface area contributed by atoms with Gasteiger partial charge in [-0.05, 0) is 77.6 Å². The second-order valence-corrected chi connectivity index (χ2v) is 15.6. The van der Waals surface area contributed by atoms with E-state index in [9.17, 15) is 34.8 Å². The van der Waals surface area contributed by atoms with Gasteiger partial charge in [-0.2, -0.15) is 0 Å². The summed E-state index contributed by atoms with van der Waals surface area (Å²) >= 11 is 0. The molecule has 0 spiro atoms. The standard InChI is InChI=1S/C38H60O12/c1-11-25(31(40)21(5)33-20(4)17-19(3)27(49-33)18-26(39)30-32(41)22(6)47-35(30)43)34(42)36(9,44)28-13-15-37(12-2,50-28)29-14-16-38(45,23(7)46-10)24(8)48-29/h19-21,23-25,27-29,31,33,40-41,44-45H,6,11-18H2,1-5,7-10H3/t19-,20-,21+,23+,24+,25-,27-,28-,29-,31-,33+,36+,37-,38+/m0/s1. The van der Waals surface area contributed by atoms with E-state index in [1.54, 1.807) is 21.0 Å². The monoisotopic (exact) mass is 708 g/mol. The average Bonchev–Trinajstić information content (AvgIpc) is 3.63. The fourth-order valence-electron chi connectivity index (χ4n) is 8.91. The topological polar surface area (TPSA) is 178 Å². The third-order valence-electron chi connectivity index (χ3n) is 12.6. The maximum Gasteiger partial charge on any atom is 0.351 e. The predicted molar refractivity (Wildman–Crippen MR) is 183 cm³/mol. The number of carbonyl (C=O) groups excluding carboxylic acids is 3. The van der Waals surface area contributed by atoms with Crippen LogP contribution in [-0.4, -0.2) is 105 Å². The molecule has 12 heteroatoms. The Bertz CT molecular complexity index is 1320. The number of esters is 1. The summed E-state index contributed by atoms with van der Waals surface area (Å²) in [4.78, 5) is 39.4. The first-order chi connectivity index (χ1) is 23.3. The molecule has 4 aliphatic rings. The summed E-state index contributed by atoms with van der Waals surface area (Å²) in [5.41, 5.74) is -4.24. The molecule has 0 amide bonds. The van der Waals surface area contributed by atoms with Crippen molar-refractivity contribution < 1.29 is 58.5 Å². The number of hydrogen-bond donors (Lipinski definition) is 4. The van der Waals surface area contributed by atoms with Gasteiger partial charge in [0.05, 0.1) is 48.3 Å². The number of ketones is 2. The van der Waals surface area contributed by atoms with Crippen molar-refractivity contribution in [3.63, 3.8) is 0 Å². The third-order valence-corrected chi connectivity index (χ3v) is 12.6. The van der Waals surface area contributed by atoms with Gasteiger partial charge in [-0.25, -0.2) is 4.79 Å². The van der Waals surface area contributed by atoms with E-state index in [-0.39, 0.29) is 36.5 Å².